The lowest BCUT2D eigenvalue weighted by Gasteiger charge is -2.09. The molecule has 1 aliphatic carbocycles. The first kappa shape index (κ1) is 16.2. The molecule has 7 heteroatoms. The fourth-order valence-electron chi connectivity index (χ4n) is 2.26. The van der Waals surface area contributed by atoms with Gasteiger partial charge >= 0.3 is 0 Å². The van der Waals surface area contributed by atoms with E-state index >= 15 is 0 Å². The van der Waals surface area contributed by atoms with Crippen LogP contribution in [0.1, 0.15) is 24.5 Å². The molecule has 1 aromatic carbocycles. The van der Waals surface area contributed by atoms with Crippen LogP contribution in [0.3, 0.4) is 0 Å². The highest BCUT2D eigenvalue weighted by molar-refractivity contribution is 5.75. The second kappa shape index (κ2) is 7.25. The van der Waals surface area contributed by atoms with E-state index < -0.39 is 0 Å². The van der Waals surface area contributed by atoms with Gasteiger partial charge < -0.3 is 10.1 Å². The maximum atomic E-state index is 12.8. The monoisotopic (exact) mass is 331 g/mol. The Morgan fingerprint density at radius 3 is 2.71 bits per heavy atom. The summed E-state index contributed by atoms with van der Waals surface area (Å²) < 4.78 is 19.3. The van der Waals surface area contributed by atoms with Crippen LogP contribution < -0.4 is 15.6 Å². The molecule has 0 spiro atoms. The SMILES string of the molecule is O=C(Cn1nc(C2CC2)ccc1=O)NCCOc1ccc(F)cc1. The van der Waals surface area contributed by atoms with Crippen LogP contribution in [0, 0.1) is 5.82 Å². The Hall–Kier alpha value is -2.70. The number of aromatic nitrogens is 2. The summed E-state index contributed by atoms with van der Waals surface area (Å²) in [7, 11) is 0. The van der Waals surface area contributed by atoms with Crippen LogP contribution in [0.15, 0.2) is 41.2 Å². The van der Waals surface area contributed by atoms with Crippen molar-refractivity contribution >= 4 is 5.91 Å². The Morgan fingerprint density at radius 2 is 2.00 bits per heavy atom. The van der Waals surface area contributed by atoms with E-state index in [0.29, 0.717) is 11.7 Å². The van der Waals surface area contributed by atoms with E-state index in [9.17, 15) is 14.0 Å². The first-order valence-electron chi connectivity index (χ1n) is 7.85. The van der Waals surface area contributed by atoms with Crippen molar-refractivity contribution < 1.29 is 13.9 Å². The Labute approximate surface area is 138 Å². The Balaban J connectivity index is 1.45. The van der Waals surface area contributed by atoms with Gasteiger partial charge in [0.2, 0.25) is 5.91 Å². The third-order valence-corrected chi connectivity index (χ3v) is 3.68. The van der Waals surface area contributed by atoms with Crippen LogP contribution in [0.25, 0.3) is 0 Å². The molecule has 1 aromatic heterocycles. The van der Waals surface area contributed by atoms with Crippen LogP contribution in [0.4, 0.5) is 4.39 Å². The summed E-state index contributed by atoms with van der Waals surface area (Å²) in [6.07, 6.45) is 2.16. The van der Waals surface area contributed by atoms with Gasteiger partial charge in [0.1, 0.15) is 24.7 Å². The van der Waals surface area contributed by atoms with Crippen molar-refractivity contribution in [3.05, 3.63) is 58.3 Å². The van der Waals surface area contributed by atoms with Gasteiger partial charge in [-0.25, -0.2) is 9.07 Å². The van der Waals surface area contributed by atoms with Crippen molar-refractivity contribution in [2.24, 2.45) is 0 Å². The number of rotatable bonds is 7. The third kappa shape index (κ3) is 4.41. The number of carbonyl (C=O) groups is 1. The van der Waals surface area contributed by atoms with Crippen LogP contribution in [-0.4, -0.2) is 28.8 Å². The summed E-state index contributed by atoms with van der Waals surface area (Å²) in [5, 5.41) is 6.90. The molecule has 1 heterocycles. The Kier molecular flexibility index (Phi) is 4.88. The van der Waals surface area contributed by atoms with Crippen LogP contribution in [0.2, 0.25) is 0 Å². The van der Waals surface area contributed by atoms with Crippen molar-refractivity contribution in [1.29, 1.82) is 0 Å². The molecule has 0 aliphatic heterocycles. The van der Waals surface area contributed by atoms with E-state index in [2.05, 4.69) is 10.4 Å². The summed E-state index contributed by atoms with van der Waals surface area (Å²) >= 11 is 0. The summed E-state index contributed by atoms with van der Waals surface area (Å²) in [6.45, 7) is 0.422. The van der Waals surface area contributed by atoms with Gasteiger partial charge in [0.05, 0.1) is 12.2 Å². The molecular formula is C17H18FN3O3. The fraction of sp³-hybridized carbons (Fsp3) is 0.353. The summed E-state index contributed by atoms with van der Waals surface area (Å²) in [4.78, 5) is 23.7. The lowest BCUT2D eigenvalue weighted by atomic mass is 10.3. The van der Waals surface area contributed by atoms with Crippen LogP contribution >= 0.6 is 0 Å². The molecule has 0 unspecified atom stereocenters. The molecule has 0 bridgehead atoms. The maximum absolute atomic E-state index is 12.8. The highest BCUT2D eigenvalue weighted by Crippen LogP contribution is 2.38. The highest BCUT2D eigenvalue weighted by atomic mass is 19.1. The lowest BCUT2D eigenvalue weighted by molar-refractivity contribution is -0.122. The zero-order chi connectivity index (χ0) is 16.9. The number of hydrogen-bond donors (Lipinski definition) is 1. The number of ether oxygens (including phenoxy) is 1. The number of amides is 1. The van der Waals surface area contributed by atoms with Crippen molar-refractivity contribution in [3.8, 4) is 5.75 Å². The third-order valence-electron chi connectivity index (χ3n) is 3.68. The lowest BCUT2D eigenvalue weighted by Crippen LogP contribution is -2.35. The maximum Gasteiger partial charge on any atom is 0.267 e. The second-order valence-corrected chi connectivity index (χ2v) is 5.68. The van der Waals surface area contributed by atoms with E-state index in [0.717, 1.165) is 18.5 Å². The molecule has 2 aromatic rings. The first-order valence-corrected chi connectivity index (χ1v) is 7.85. The zero-order valence-electron chi connectivity index (χ0n) is 13.1. The summed E-state index contributed by atoms with van der Waals surface area (Å²) in [6, 6.07) is 8.82. The molecule has 1 amide bonds. The predicted molar refractivity (Wildman–Crippen MR) is 85.4 cm³/mol. The number of carbonyl (C=O) groups excluding carboxylic acids is 1. The smallest absolute Gasteiger partial charge is 0.267 e. The molecule has 6 nitrogen and oxygen atoms in total. The molecule has 1 aliphatic rings. The topological polar surface area (TPSA) is 73.2 Å². The molecule has 126 valence electrons. The second-order valence-electron chi connectivity index (χ2n) is 5.68. The van der Waals surface area contributed by atoms with E-state index in [1.807, 2.05) is 0 Å². The van der Waals surface area contributed by atoms with Gasteiger partial charge in [-0.15, -0.1) is 0 Å². The minimum atomic E-state index is -0.331. The number of hydrogen-bond acceptors (Lipinski definition) is 4. The molecular weight excluding hydrogens is 313 g/mol. The Morgan fingerprint density at radius 1 is 1.25 bits per heavy atom. The normalized spacial score (nSPS) is 13.5. The van der Waals surface area contributed by atoms with E-state index in [1.165, 1.54) is 35.0 Å². The van der Waals surface area contributed by atoms with Crippen LogP contribution in [0.5, 0.6) is 5.75 Å². The standard InChI is InChI=1S/C17H18FN3O3/c18-13-3-5-14(6-4-13)24-10-9-19-16(22)11-21-17(23)8-7-15(20-21)12-1-2-12/h3-8,12H,1-2,9-11H2,(H,19,22). The average molecular weight is 331 g/mol. The van der Waals surface area contributed by atoms with Crippen LogP contribution in [-0.2, 0) is 11.3 Å². The number of halogens is 1. The first-order chi connectivity index (χ1) is 11.6. The zero-order valence-corrected chi connectivity index (χ0v) is 13.1. The predicted octanol–water partition coefficient (Wildman–Crippen LogP) is 1.45. The fourth-order valence-corrected chi connectivity index (χ4v) is 2.26. The van der Waals surface area contributed by atoms with Crippen molar-refractivity contribution in [1.82, 2.24) is 15.1 Å². The molecule has 24 heavy (non-hydrogen) atoms. The number of nitrogens with zero attached hydrogens (tertiary/aromatic N) is 2. The quantitative estimate of drug-likeness (QED) is 0.780. The Bertz CT molecular complexity index is 769. The van der Waals surface area contributed by atoms with Gasteiger partial charge in [-0.05, 0) is 43.2 Å². The largest absolute Gasteiger partial charge is 0.492 e. The summed E-state index contributed by atoms with van der Waals surface area (Å²) in [5.41, 5.74) is 0.569. The minimum Gasteiger partial charge on any atom is -0.492 e. The molecule has 0 radical (unpaired) electrons. The van der Waals surface area contributed by atoms with Crippen molar-refractivity contribution in [2.45, 2.75) is 25.3 Å². The molecule has 0 saturated heterocycles. The molecule has 1 fully saturated rings. The number of nitrogens with one attached hydrogen (secondary N) is 1. The van der Waals surface area contributed by atoms with E-state index in [-0.39, 0.29) is 37.0 Å². The average Bonchev–Trinajstić information content (AvgIpc) is 3.40. The molecule has 0 atom stereocenters. The van der Waals surface area contributed by atoms with Gasteiger partial charge in [0, 0.05) is 12.0 Å². The molecule has 3 rings (SSSR count). The van der Waals surface area contributed by atoms with Gasteiger partial charge in [-0.1, -0.05) is 0 Å². The summed E-state index contributed by atoms with van der Waals surface area (Å²) in [5.74, 6) is 0.312. The van der Waals surface area contributed by atoms with Gasteiger partial charge in [0.25, 0.3) is 5.56 Å². The highest BCUT2D eigenvalue weighted by Gasteiger charge is 2.25. The number of benzene rings is 1. The van der Waals surface area contributed by atoms with Crippen molar-refractivity contribution in [3.63, 3.8) is 0 Å². The molecule has 1 N–H and O–H groups in total. The van der Waals surface area contributed by atoms with E-state index in [4.69, 9.17) is 4.74 Å². The van der Waals surface area contributed by atoms with Gasteiger partial charge in [0.15, 0.2) is 0 Å². The van der Waals surface area contributed by atoms with E-state index in [1.54, 1.807) is 6.07 Å². The van der Waals surface area contributed by atoms with Crippen molar-refractivity contribution in [2.75, 3.05) is 13.2 Å². The van der Waals surface area contributed by atoms with Gasteiger partial charge in [-0.3, -0.25) is 9.59 Å². The van der Waals surface area contributed by atoms with Gasteiger partial charge in [-0.2, -0.15) is 5.10 Å². The minimum absolute atomic E-state index is 0.115. The molecule has 1 saturated carbocycles.